The molecule has 0 radical (unpaired) electrons. The number of nitrogens with one attached hydrogen (secondary N) is 1. The lowest BCUT2D eigenvalue weighted by atomic mass is 9.87. The molecule has 0 fully saturated rings. The van der Waals surface area contributed by atoms with Gasteiger partial charge in [-0.1, -0.05) is 48.2 Å². The molecule has 4 rings (SSSR count). The van der Waals surface area contributed by atoms with E-state index in [0.29, 0.717) is 10.8 Å². The van der Waals surface area contributed by atoms with Crippen LogP contribution < -0.4 is 5.32 Å². The number of oxazole rings is 1. The van der Waals surface area contributed by atoms with E-state index in [1.54, 1.807) is 6.92 Å². The van der Waals surface area contributed by atoms with Crippen LogP contribution in [0.5, 0.6) is 0 Å². The summed E-state index contributed by atoms with van der Waals surface area (Å²) in [6.45, 7) is 1.59. The number of benzene rings is 2. The zero-order valence-corrected chi connectivity index (χ0v) is 16.9. The molecule has 1 amide bonds. The Labute approximate surface area is 173 Å². The minimum atomic E-state index is -0.860. The molecule has 1 aliphatic rings. The Balaban J connectivity index is 1.29. The van der Waals surface area contributed by atoms with Gasteiger partial charge in [-0.2, -0.15) is 0 Å². The van der Waals surface area contributed by atoms with E-state index >= 15 is 0 Å². The van der Waals surface area contributed by atoms with E-state index in [-0.39, 0.29) is 17.7 Å². The molecule has 0 saturated heterocycles. The number of carbonyl (C=O) groups is 2. The van der Waals surface area contributed by atoms with Crippen LogP contribution in [0.1, 0.15) is 36.9 Å². The zero-order valence-electron chi connectivity index (χ0n) is 16.1. The molecule has 1 N–H and O–H groups in total. The Morgan fingerprint density at radius 3 is 2.90 bits per heavy atom. The first kappa shape index (κ1) is 19.5. The van der Waals surface area contributed by atoms with Gasteiger partial charge in [0, 0.05) is 0 Å². The first-order chi connectivity index (χ1) is 14.1. The lowest BCUT2D eigenvalue weighted by Crippen LogP contribution is -2.39. The number of fused-ring (bicyclic) bond motifs is 2. The summed E-state index contributed by atoms with van der Waals surface area (Å²) in [5, 5.41) is 3.42. The fourth-order valence-corrected chi connectivity index (χ4v) is 4.13. The number of esters is 1. The van der Waals surface area contributed by atoms with E-state index in [1.807, 2.05) is 42.5 Å². The lowest BCUT2D eigenvalue weighted by molar-refractivity contribution is -0.152. The standard InChI is InChI=1S/C22H22N2O4S/c1-14(21(26)23-17-11-6-8-15-7-2-3-9-16(15)17)27-20(25)13-29-22-24-18-10-4-5-12-19(18)28-22/h2-5,7,9-10,12,14,17H,6,8,11,13H2,1H3,(H,23,26)/t14-,17-/m1/s1. The number of ether oxygens (including phenoxy) is 1. The van der Waals surface area contributed by atoms with Crippen molar-refractivity contribution >= 4 is 34.7 Å². The predicted molar refractivity (Wildman–Crippen MR) is 111 cm³/mol. The first-order valence-electron chi connectivity index (χ1n) is 9.66. The van der Waals surface area contributed by atoms with Gasteiger partial charge >= 0.3 is 5.97 Å². The maximum absolute atomic E-state index is 12.5. The van der Waals surface area contributed by atoms with Crippen LogP contribution in [-0.2, 0) is 20.7 Å². The number of amides is 1. The molecule has 6 nitrogen and oxygen atoms in total. The summed E-state index contributed by atoms with van der Waals surface area (Å²) in [5.41, 5.74) is 3.83. The summed E-state index contributed by atoms with van der Waals surface area (Å²) in [5.74, 6) is -0.743. The molecule has 1 aliphatic carbocycles. The molecule has 1 aromatic heterocycles. The van der Waals surface area contributed by atoms with Crippen LogP contribution in [0, 0.1) is 0 Å². The quantitative estimate of drug-likeness (QED) is 0.488. The van der Waals surface area contributed by atoms with E-state index < -0.39 is 12.1 Å². The normalized spacial score (nSPS) is 16.8. The van der Waals surface area contributed by atoms with Crippen LogP contribution in [0.2, 0.25) is 0 Å². The Morgan fingerprint density at radius 2 is 2.03 bits per heavy atom. The third-order valence-electron chi connectivity index (χ3n) is 4.95. The highest BCUT2D eigenvalue weighted by Crippen LogP contribution is 2.29. The number of aryl methyl sites for hydroxylation is 1. The second-order valence-electron chi connectivity index (χ2n) is 7.02. The van der Waals surface area contributed by atoms with Crippen LogP contribution in [0.4, 0.5) is 0 Å². The SMILES string of the molecule is C[C@@H](OC(=O)CSc1nc2ccccc2o1)C(=O)N[C@@H]1CCCc2ccccc21. The molecule has 7 heteroatoms. The summed E-state index contributed by atoms with van der Waals surface area (Å²) in [4.78, 5) is 29.0. The summed E-state index contributed by atoms with van der Waals surface area (Å²) in [7, 11) is 0. The molecule has 0 spiro atoms. The van der Waals surface area contributed by atoms with Crippen molar-refractivity contribution in [1.82, 2.24) is 10.3 Å². The largest absolute Gasteiger partial charge is 0.452 e. The van der Waals surface area contributed by atoms with Crippen molar-refractivity contribution in [3.8, 4) is 0 Å². The maximum Gasteiger partial charge on any atom is 0.317 e. The number of nitrogens with zero attached hydrogens (tertiary/aromatic N) is 1. The number of rotatable bonds is 6. The number of hydrogen-bond donors (Lipinski definition) is 1. The molecule has 0 bridgehead atoms. The van der Waals surface area contributed by atoms with Gasteiger partial charge in [-0.3, -0.25) is 9.59 Å². The fourth-order valence-electron chi connectivity index (χ4n) is 3.51. The van der Waals surface area contributed by atoms with Gasteiger partial charge in [0.1, 0.15) is 11.3 Å². The van der Waals surface area contributed by atoms with Gasteiger partial charge in [0.15, 0.2) is 11.7 Å². The van der Waals surface area contributed by atoms with Gasteiger partial charge in [-0.25, -0.2) is 4.98 Å². The van der Waals surface area contributed by atoms with Gasteiger partial charge in [-0.15, -0.1) is 0 Å². The highest BCUT2D eigenvalue weighted by atomic mass is 32.2. The number of hydrogen-bond acceptors (Lipinski definition) is 6. The molecule has 2 atom stereocenters. The molecule has 150 valence electrons. The van der Waals surface area contributed by atoms with Crippen molar-refractivity contribution in [2.24, 2.45) is 0 Å². The van der Waals surface area contributed by atoms with E-state index in [0.717, 1.165) is 42.1 Å². The third-order valence-corrected chi connectivity index (χ3v) is 5.75. The Kier molecular flexibility index (Phi) is 5.85. The Bertz CT molecular complexity index is 999. The summed E-state index contributed by atoms with van der Waals surface area (Å²) in [6.07, 6.45) is 2.08. The topological polar surface area (TPSA) is 81.4 Å². The van der Waals surface area contributed by atoms with Crippen LogP contribution in [-0.4, -0.2) is 28.7 Å². The molecule has 0 saturated carbocycles. The minimum Gasteiger partial charge on any atom is -0.452 e. The smallest absolute Gasteiger partial charge is 0.317 e. The van der Waals surface area contributed by atoms with Crippen molar-refractivity contribution in [1.29, 1.82) is 0 Å². The van der Waals surface area contributed by atoms with Gasteiger partial charge in [0.05, 0.1) is 6.04 Å². The van der Waals surface area contributed by atoms with Crippen molar-refractivity contribution < 1.29 is 18.7 Å². The zero-order chi connectivity index (χ0) is 20.2. The summed E-state index contributed by atoms with van der Waals surface area (Å²) >= 11 is 1.15. The van der Waals surface area contributed by atoms with E-state index in [4.69, 9.17) is 9.15 Å². The van der Waals surface area contributed by atoms with E-state index in [2.05, 4.69) is 16.4 Å². The molecule has 1 heterocycles. The molecular formula is C22H22N2O4S. The summed E-state index contributed by atoms with van der Waals surface area (Å²) in [6, 6.07) is 15.5. The minimum absolute atomic E-state index is 0.0245. The van der Waals surface area contributed by atoms with E-state index in [9.17, 15) is 9.59 Å². The maximum atomic E-state index is 12.5. The number of para-hydroxylation sites is 2. The third kappa shape index (κ3) is 4.62. The fraction of sp³-hybridized carbons (Fsp3) is 0.318. The molecule has 0 unspecified atom stereocenters. The second-order valence-corrected chi connectivity index (χ2v) is 7.95. The van der Waals surface area contributed by atoms with Crippen molar-refractivity contribution in [3.63, 3.8) is 0 Å². The lowest BCUT2D eigenvalue weighted by Gasteiger charge is -2.27. The average Bonchev–Trinajstić information content (AvgIpc) is 3.15. The van der Waals surface area contributed by atoms with Crippen LogP contribution in [0.3, 0.4) is 0 Å². The van der Waals surface area contributed by atoms with Gasteiger partial charge in [-0.05, 0) is 49.4 Å². The predicted octanol–water partition coefficient (Wildman–Crippen LogP) is 4.05. The van der Waals surface area contributed by atoms with Crippen molar-refractivity contribution in [3.05, 3.63) is 59.7 Å². The van der Waals surface area contributed by atoms with Gasteiger partial charge < -0.3 is 14.5 Å². The molecule has 29 heavy (non-hydrogen) atoms. The Morgan fingerprint density at radius 1 is 1.24 bits per heavy atom. The van der Waals surface area contributed by atoms with Gasteiger partial charge in [0.25, 0.3) is 11.1 Å². The van der Waals surface area contributed by atoms with Crippen LogP contribution >= 0.6 is 11.8 Å². The molecular weight excluding hydrogens is 388 g/mol. The summed E-state index contributed by atoms with van der Waals surface area (Å²) < 4.78 is 10.9. The number of thioether (sulfide) groups is 1. The van der Waals surface area contributed by atoms with Crippen LogP contribution in [0.25, 0.3) is 11.1 Å². The highest BCUT2D eigenvalue weighted by molar-refractivity contribution is 7.99. The number of carbonyl (C=O) groups excluding carboxylic acids is 2. The molecule has 0 aliphatic heterocycles. The Hall–Kier alpha value is -2.80. The van der Waals surface area contributed by atoms with Crippen molar-refractivity contribution in [2.45, 2.75) is 43.6 Å². The first-order valence-corrected chi connectivity index (χ1v) is 10.6. The average molecular weight is 410 g/mol. The monoisotopic (exact) mass is 410 g/mol. The van der Waals surface area contributed by atoms with Crippen LogP contribution in [0.15, 0.2) is 58.2 Å². The molecule has 2 aromatic carbocycles. The number of aromatic nitrogens is 1. The van der Waals surface area contributed by atoms with E-state index in [1.165, 1.54) is 5.56 Å². The van der Waals surface area contributed by atoms with Crippen molar-refractivity contribution in [2.75, 3.05) is 5.75 Å². The second kappa shape index (κ2) is 8.69. The molecule has 3 aromatic rings. The van der Waals surface area contributed by atoms with Gasteiger partial charge in [0.2, 0.25) is 0 Å². The highest BCUT2D eigenvalue weighted by Gasteiger charge is 2.25.